The Bertz CT molecular complexity index is 1000. The van der Waals surface area contributed by atoms with Crippen molar-refractivity contribution in [3.8, 4) is 5.75 Å². The van der Waals surface area contributed by atoms with Gasteiger partial charge in [-0.1, -0.05) is 30.3 Å². The Hall–Kier alpha value is -3.16. The summed E-state index contributed by atoms with van der Waals surface area (Å²) in [6.45, 7) is 0.518. The standard InChI is InChI=1S/C20H19N3O3S/c21-27(24,25)20-12-8-18(9-13-20)23-22-14-16-6-10-19(11-7-16)26-15-17-4-2-1-3-5-17/h1-14,23H,15H2,(H2,21,24,25). The zero-order valence-electron chi connectivity index (χ0n) is 14.4. The lowest BCUT2D eigenvalue weighted by Gasteiger charge is -2.06. The predicted molar refractivity (Wildman–Crippen MR) is 106 cm³/mol. The van der Waals surface area contributed by atoms with Gasteiger partial charge < -0.3 is 4.74 Å². The molecule has 27 heavy (non-hydrogen) atoms. The SMILES string of the molecule is NS(=O)(=O)c1ccc(NN=Cc2ccc(OCc3ccccc3)cc2)cc1. The van der Waals surface area contributed by atoms with E-state index in [-0.39, 0.29) is 4.90 Å². The molecule has 7 heteroatoms. The number of hydrogen-bond donors (Lipinski definition) is 2. The number of nitrogens with two attached hydrogens (primary N) is 1. The van der Waals surface area contributed by atoms with Crippen LogP contribution in [-0.4, -0.2) is 14.6 Å². The number of rotatable bonds is 7. The number of hydrazone groups is 1. The van der Waals surface area contributed by atoms with Crippen LogP contribution in [0.1, 0.15) is 11.1 Å². The Morgan fingerprint density at radius 2 is 1.59 bits per heavy atom. The zero-order valence-corrected chi connectivity index (χ0v) is 15.3. The quantitative estimate of drug-likeness (QED) is 0.485. The van der Waals surface area contributed by atoms with E-state index in [4.69, 9.17) is 9.88 Å². The highest BCUT2D eigenvalue weighted by Gasteiger charge is 2.06. The molecule has 138 valence electrons. The third-order valence-electron chi connectivity index (χ3n) is 3.72. The summed E-state index contributed by atoms with van der Waals surface area (Å²) in [5, 5.41) is 9.19. The Morgan fingerprint density at radius 3 is 2.22 bits per heavy atom. The number of benzene rings is 3. The second kappa shape index (κ2) is 8.48. The van der Waals surface area contributed by atoms with E-state index in [1.54, 1.807) is 18.3 Å². The molecule has 0 amide bonds. The first kappa shape index (κ1) is 18.6. The summed E-state index contributed by atoms with van der Waals surface area (Å²) in [6, 6.07) is 23.6. The number of anilines is 1. The molecule has 0 unspecified atom stereocenters. The lowest BCUT2D eigenvalue weighted by atomic mass is 10.2. The van der Waals surface area contributed by atoms with Gasteiger partial charge in [0.2, 0.25) is 10.0 Å². The van der Waals surface area contributed by atoms with E-state index < -0.39 is 10.0 Å². The first-order valence-corrected chi connectivity index (χ1v) is 9.74. The van der Waals surface area contributed by atoms with E-state index in [1.165, 1.54) is 12.1 Å². The Labute approximate surface area is 158 Å². The molecule has 0 saturated carbocycles. The molecule has 0 aliphatic rings. The summed E-state index contributed by atoms with van der Waals surface area (Å²) in [5.41, 5.74) is 5.50. The second-order valence-electron chi connectivity index (χ2n) is 5.78. The van der Waals surface area contributed by atoms with Crippen LogP contribution < -0.4 is 15.3 Å². The number of primary sulfonamides is 1. The first-order chi connectivity index (χ1) is 13.0. The molecule has 0 fully saturated rings. The molecule has 0 radical (unpaired) electrons. The van der Waals surface area contributed by atoms with E-state index in [2.05, 4.69) is 10.5 Å². The molecule has 0 saturated heterocycles. The van der Waals surface area contributed by atoms with Gasteiger partial charge in [0, 0.05) is 0 Å². The predicted octanol–water partition coefficient (Wildman–Crippen LogP) is 3.36. The average molecular weight is 381 g/mol. The van der Waals surface area contributed by atoms with Crippen molar-refractivity contribution in [3.05, 3.63) is 90.0 Å². The molecule has 3 aromatic rings. The molecule has 0 atom stereocenters. The van der Waals surface area contributed by atoms with E-state index in [0.717, 1.165) is 16.9 Å². The average Bonchev–Trinajstić information content (AvgIpc) is 2.68. The smallest absolute Gasteiger partial charge is 0.238 e. The van der Waals surface area contributed by atoms with E-state index in [1.807, 2.05) is 54.6 Å². The minimum absolute atomic E-state index is 0.0584. The molecule has 3 rings (SSSR count). The molecule has 6 nitrogen and oxygen atoms in total. The van der Waals surface area contributed by atoms with Crippen LogP contribution in [0.5, 0.6) is 5.75 Å². The van der Waals surface area contributed by atoms with Crippen molar-refractivity contribution in [2.75, 3.05) is 5.43 Å². The van der Waals surface area contributed by atoms with Gasteiger partial charge in [0.15, 0.2) is 0 Å². The molecule has 0 heterocycles. The lowest BCUT2D eigenvalue weighted by Crippen LogP contribution is -2.11. The molecule has 0 aliphatic heterocycles. The summed E-state index contributed by atoms with van der Waals surface area (Å²) >= 11 is 0. The molecule has 0 aliphatic carbocycles. The fourth-order valence-electron chi connectivity index (χ4n) is 2.29. The van der Waals surface area contributed by atoms with Crippen molar-refractivity contribution in [2.24, 2.45) is 10.2 Å². The first-order valence-electron chi connectivity index (χ1n) is 8.19. The monoisotopic (exact) mass is 381 g/mol. The van der Waals surface area contributed by atoms with Crippen molar-refractivity contribution in [1.29, 1.82) is 0 Å². The number of nitrogens with one attached hydrogen (secondary N) is 1. The topological polar surface area (TPSA) is 93.8 Å². The van der Waals surface area contributed by atoms with Gasteiger partial charge in [0.25, 0.3) is 0 Å². The summed E-state index contributed by atoms with van der Waals surface area (Å²) in [4.78, 5) is 0.0584. The van der Waals surface area contributed by atoms with Crippen molar-refractivity contribution >= 4 is 21.9 Å². The van der Waals surface area contributed by atoms with Crippen molar-refractivity contribution in [1.82, 2.24) is 0 Å². The summed E-state index contributed by atoms with van der Waals surface area (Å²) in [7, 11) is -3.69. The summed E-state index contributed by atoms with van der Waals surface area (Å²) < 4.78 is 28.2. The molecule has 3 N–H and O–H groups in total. The third-order valence-corrected chi connectivity index (χ3v) is 4.65. The normalized spacial score (nSPS) is 11.4. The summed E-state index contributed by atoms with van der Waals surface area (Å²) in [5.74, 6) is 0.780. The number of hydrogen-bond acceptors (Lipinski definition) is 5. The fourth-order valence-corrected chi connectivity index (χ4v) is 2.81. The van der Waals surface area contributed by atoms with E-state index in [0.29, 0.717) is 12.3 Å². The van der Waals surface area contributed by atoms with Gasteiger partial charge in [0.1, 0.15) is 12.4 Å². The molecule has 0 aromatic heterocycles. The molecular formula is C20H19N3O3S. The van der Waals surface area contributed by atoms with Gasteiger partial charge in [-0.25, -0.2) is 13.6 Å². The number of sulfonamides is 1. The van der Waals surface area contributed by atoms with Gasteiger partial charge in [-0.3, -0.25) is 5.43 Å². The second-order valence-corrected chi connectivity index (χ2v) is 7.34. The highest BCUT2D eigenvalue weighted by Crippen LogP contribution is 2.14. The van der Waals surface area contributed by atoms with Crippen LogP contribution in [0.25, 0.3) is 0 Å². The van der Waals surface area contributed by atoms with Gasteiger partial charge in [-0.2, -0.15) is 5.10 Å². The Kier molecular flexibility index (Phi) is 5.85. The highest BCUT2D eigenvalue weighted by atomic mass is 32.2. The van der Waals surface area contributed by atoms with Gasteiger partial charge in [0.05, 0.1) is 16.8 Å². The third kappa shape index (κ3) is 5.67. The minimum Gasteiger partial charge on any atom is -0.489 e. The minimum atomic E-state index is -3.69. The van der Waals surface area contributed by atoms with Crippen LogP contribution >= 0.6 is 0 Å². The van der Waals surface area contributed by atoms with Crippen LogP contribution in [-0.2, 0) is 16.6 Å². The molecule has 0 bridgehead atoms. The maximum atomic E-state index is 11.2. The molecule has 0 spiro atoms. The fraction of sp³-hybridized carbons (Fsp3) is 0.0500. The maximum absolute atomic E-state index is 11.2. The van der Waals surface area contributed by atoms with Crippen molar-refractivity contribution in [2.45, 2.75) is 11.5 Å². The van der Waals surface area contributed by atoms with Crippen molar-refractivity contribution in [3.63, 3.8) is 0 Å². The molecular weight excluding hydrogens is 362 g/mol. The summed E-state index contributed by atoms with van der Waals surface area (Å²) in [6.07, 6.45) is 1.66. The van der Waals surface area contributed by atoms with Gasteiger partial charge in [-0.05, 0) is 59.7 Å². The van der Waals surface area contributed by atoms with E-state index >= 15 is 0 Å². The van der Waals surface area contributed by atoms with Gasteiger partial charge >= 0.3 is 0 Å². The largest absolute Gasteiger partial charge is 0.489 e. The highest BCUT2D eigenvalue weighted by molar-refractivity contribution is 7.89. The van der Waals surface area contributed by atoms with Gasteiger partial charge in [-0.15, -0.1) is 0 Å². The number of nitrogens with zero attached hydrogens (tertiary/aromatic N) is 1. The van der Waals surface area contributed by atoms with E-state index in [9.17, 15) is 8.42 Å². The Morgan fingerprint density at radius 1 is 0.926 bits per heavy atom. The van der Waals surface area contributed by atoms with Crippen LogP contribution in [0.4, 0.5) is 5.69 Å². The van der Waals surface area contributed by atoms with Crippen LogP contribution in [0.3, 0.4) is 0 Å². The maximum Gasteiger partial charge on any atom is 0.238 e. The lowest BCUT2D eigenvalue weighted by molar-refractivity contribution is 0.306. The Balaban J connectivity index is 1.53. The number of ether oxygens (including phenoxy) is 1. The van der Waals surface area contributed by atoms with Crippen molar-refractivity contribution < 1.29 is 13.2 Å². The van der Waals surface area contributed by atoms with Crippen LogP contribution in [0.15, 0.2) is 88.9 Å². The zero-order chi connectivity index (χ0) is 19.1. The van der Waals surface area contributed by atoms with Crippen LogP contribution in [0, 0.1) is 0 Å². The molecule has 3 aromatic carbocycles. The van der Waals surface area contributed by atoms with Crippen LogP contribution in [0.2, 0.25) is 0 Å².